The van der Waals surface area contributed by atoms with Crippen LogP contribution in [0.15, 0.2) is 0 Å². The summed E-state index contributed by atoms with van der Waals surface area (Å²) in [6.07, 6.45) is 2.97. The smallest absolute Gasteiger partial charge is 0.171 e. The normalized spacial score (nSPS) is 43.9. The Bertz CT molecular complexity index is 262. The Labute approximate surface area is 102 Å². The molecule has 3 heteroatoms. The van der Waals surface area contributed by atoms with Crippen molar-refractivity contribution in [3.63, 3.8) is 0 Å². The van der Waals surface area contributed by atoms with Gasteiger partial charge in [-0.2, -0.15) is 13.2 Å². The molecule has 0 bridgehead atoms. The maximum atomic E-state index is 12.9. The van der Waals surface area contributed by atoms with Gasteiger partial charge >= 0.3 is 6.18 Å². The fourth-order valence-electron chi connectivity index (χ4n) is 3.49. The van der Waals surface area contributed by atoms with Crippen LogP contribution in [0.2, 0.25) is 0 Å². The first-order valence-corrected chi connectivity index (χ1v) is 6.83. The molecule has 0 N–H and O–H groups in total. The summed E-state index contributed by atoms with van der Waals surface area (Å²) in [5, 5.41) is 0. The number of hydrogen-bond acceptors (Lipinski definition) is 0. The quantitative estimate of drug-likeness (QED) is 0.544. The van der Waals surface area contributed by atoms with Gasteiger partial charge in [-0.25, -0.2) is 0 Å². The van der Waals surface area contributed by atoms with Gasteiger partial charge < -0.3 is 0 Å². The second-order valence-corrected chi connectivity index (χ2v) is 6.74. The first kappa shape index (κ1) is 13.2. The minimum atomic E-state index is -4.02. The average Bonchev–Trinajstić information content (AvgIpc) is 2.26. The summed E-state index contributed by atoms with van der Waals surface area (Å²) >= 11 is 0. The van der Waals surface area contributed by atoms with Gasteiger partial charge in [0, 0.05) is 0 Å². The van der Waals surface area contributed by atoms with E-state index < -0.39 is 11.6 Å². The lowest BCUT2D eigenvalue weighted by Gasteiger charge is -2.48. The van der Waals surface area contributed by atoms with Crippen LogP contribution in [0.3, 0.4) is 0 Å². The molecule has 0 radical (unpaired) electrons. The zero-order chi connectivity index (χ0) is 12.7. The van der Waals surface area contributed by atoms with Crippen LogP contribution in [0, 0.1) is 16.7 Å². The number of alkyl halides is 3. The Morgan fingerprint density at radius 1 is 0.882 bits per heavy atom. The van der Waals surface area contributed by atoms with Gasteiger partial charge in [-0.3, -0.25) is 0 Å². The van der Waals surface area contributed by atoms with E-state index in [1.807, 2.05) is 0 Å². The molecule has 0 aromatic carbocycles. The summed E-state index contributed by atoms with van der Waals surface area (Å²) in [6.45, 7) is 3.67. The molecule has 2 aliphatic carbocycles. The van der Waals surface area contributed by atoms with E-state index in [9.17, 15) is 13.2 Å². The maximum Gasteiger partial charge on any atom is 0.394 e. The molecule has 0 saturated heterocycles. The lowest BCUT2D eigenvalue weighted by atomic mass is 9.58. The third-order valence-electron chi connectivity index (χ3n) is 5.43. The van der Waals surface area contributed by atoms with Gasteiger partial charge in [-0.1, -0.05) is 26.7 Å². The van der Waals surface area contributed by atoms with Gasteiger partial charge in [0.1, 0.15) is 0 Å². The van der Waals surface area contributed by atoms with Crippen molar-refractivity contribution in [3.8, 4) is 0 Å². The molecule has 17 heavy (non-hydrogen) atoms. The summed E-state index contributed by atoms with van der Waals surface area (Å²) in [6, 6.07) is 0. The Balaban J connectivity index is 1.98. The van der Waals surface area contributed by atoms with Crippen LogP contribution >= 0.6 is 0 Å². The standard InChI is InChI=1S/C14H23F3/c1-11-3-5-13(6-4-11)9-7-12(2,8-10-13)14(15,16)17/h11H,3-10H2,1-2H3. The molecule has 2 rings (SSSR count). The molecule has 1 spiro atoms. The maximum absolute atomic E-state index is 12.9. The zero-order valence-corrected chi connectivity index (χ0v) is 10.9. The summed E-state index contributed by atoms with van der Waals surface area (Å²) < 4.78 is 38.8. The predicted octanol–water partition coefficient (Wildman–Crippen LogP) is 5.33. The molecular formula is C14H23F3. The minimum Gasteiger partial charge on any atom is -0.171 e. The molecular weight excluding hydrogens is 225 g/mol. The van der Waals surface area contributed by atoms with Gasteiger partial charge in [0.2, 0.25) is 0 Å². The van der Waals surface area contributed by atoms with Gasteiger partial charge in [0.25, 0.3) is 0 Å². The summed E-state index contributed by atoms with van der Waals surface area (Å²) in [5.74, 6) is 0.775. The van der Waals surface area contributed by atoms with Gasteiger partial charge in [0.05, 0.1) is 5.41 Å². The third kappa shape index (κ3) is 2.48. The third-order valence-corrected chi connectivity index (χ3v) is 5.43. The van der Waals surface area contributed by atoms with Gasteiger partial charge in [-0.05, 0) is 49.9 Å². The lowest BCUT2D eigenvalue weighted by molar-refractivity contribution is -0.235. The van der Waals surface area contributed by atoms with E-state index in [0.717, 1.165) is 31.6 Å². The van der Waals surface area contributed by atoms with Crippen LogP contribution in [0.5, 0.6) is 0 Å². The summed E-state index contributed by atoms with van der Waals surface area (Å²) in [7, 11) is 0. The topological polar surface area (TPSA) is 0 Å². The Hall–Kier alpha value is -0.210. The molecule has 0 atom stereocenters. The first-order valence-electron chi connectivity index (χ1n) is 6.83. The van der Waals surface area contributed by atoms with Crippen molar-refractivity contribution in [3.05, 3.63) is 0 Å². The van der Waals surface area contributed by atoms with Crippen LogP contribution in [0.4, 0.5) is 13.2 Å². The second kappa shape index (κ2) is 4.17. The summed E-state index contributed by atoms with van der Waals surface area (Å²) in [4.78, 5) is 0. The van der Waals surface area contributed by atoms with E-state index in [-0.39, 0.29) is 5.41 Å². The zero-order valence-electron chi connectivity index (χ0n) is 10.9. The van der Waals surface area contributed by atoms with E-state index in [2.05, 4.69) is 6.92 Å². The molecule has 0 aromatic rings. The highest BCUT2D eigenvalue weighted by molar-refractivity contribution is 4.95. The SMILES string of the molecule is CC1CCC2(CC1)CCC(C)(C(F)(F)F)CC2. The Morgan fingerprint density at radius 3 is 1.76 bits per heavy atom. The van der Waals surface area contributed by atoms with Crippen molar-refractivity contribution < 1.29 is 13.2 Å². The van der Waals surface area contributed by atoms with E-state index in [4.69, 9.17) is 0 Å². The van der Waals surface area contributed by atoms with E-state index in [1.54, 1.807) is 0 Å². The van der Waals surface area contributed by atoms with Crippen LogP contribution in [0.1, 0.15) is 65.2 Å². The van der Waals surface area contributed by atoms with Crippen LogP contribution in [0.25, 0.3) is 0 Å². The molecule has 0 unspecified atom stereocenters. The van der Waals surface area contributed by atoms with Gasteiger partial charge in [-0.15, -0.1) is 0 Å². The van der Waals surface area contributed by atoms with Crippen molar-refractivity contribution in [2.75, 3.05) is 0 Å². The molecule has 2 saturated carbocycles. The minimum absolute atomic E-state index is 0.261. The molecule has 0 amide bonds. The molecule has 0 aromatic heterocycles. The van der Waals surface area contributed by atoms with Crippen molar-refractivity contribution in [1.29, 1.82) is 0 Å². The Kier molecular flexibility index (Phi) is 3.24. The monoisotopic (exact) mass is 248 g/mol. The van der Waals surface area contributed by atoms with Crippen LogP contribution in [-0.2, 0) is 0 Å². The van der Waals surface area contributed by atoms with E-state index >= 15 is 0 Å². The van der Waals surface area contributed by atoms with E-state index in [0.29, 0.717) is 12.8 Å². The van der Waals surface area contributed by atoms with Crippen LogP contribution in [-0.4, -0.2) is 6.18 Å². The largest absolute Gasteiger partial charge is 0.394 e. The molecule has 2 fully saturated rings. The first-order chi connectivity index (χ1) is 7.77. The van der Waals surface area contributed by atoms with Crippen molar-refractivity contribution in [2.24, 2.45) is 16.7 Å². The molecule has 0 aliphatic heterocycles. The molecule has 0 heterocycles. The Morgan fingerprint density at radius 2 is 1.35 bits per heavy atom. The number of halogens is 3. The number of hydrogen-bond donors (Lipinski definition) is 0. The highest BCUT2D eigenvalue weighted by Gasteiger charge is 2.54. The van der Waals surface area contributed by atoms with Crippen molar-refractivity contribution in [1.82, 2.24) is 0 Å². The highest BCUT2D eigenvalue weighted by Crippen LogP contribution is 2.57. The lowest BCUT2D eigenvalue weighted by Crippen LogP contribution is -2.43. The fourth-order valence-corrected chi connectivity index (χ4v) is 3.49. The van der Waals surface area contributed by atoms with Crippen LogP contribution < -0.4 is 0 Å². The number of rotatable bonds is 0. The van der Waals surface area contributed by atoms with Gasteiger partial charge in [0.15, 0.2) is 0 Å². The van der Waals surface area contributed by atoms with Crippen molar-refractivity contribution >= 4 is 0 Å². The highest BCUT2D eigenvalue weighted by atomic mass is 19.4. The average molecular weight is 248 g/mol. The van der Waals surface area contributed by atoms with E-state index in [1.165, 1.54) is 19.8 Å². The molecule has 0 nitrogen and oxygen atoms in total. The summed E-state index contributed by atoms with van der Waals surface area (Å²) in [5.41, 5.74) is -1.15. The predicted molar refractivity (Wildman–Crippen MR) is 62.7 cm³/mol. The molecule has 2 aliphatic rings. The molecule has 100 valence electrons. The fraction of sp³-hybridized carbons (Fsp3) is 1.00. The van der Waals surface area contributed by atoms with Crippen molar-refractivity contribution in [2.45, 2.75) is 71.4 Å². The second-order valence-electron chi connectivity index (χ2n) is 6.74.